The molecule has 0 aliphatic carbocycles. The van der Waals surface area contributed by atoms with Gasteiger partial charge in [-0.3, -0.25) is 4.68 Å². The second-order valence-corrected chi connectivity index (χ2v) is 5.08. The van der Waals surface area contributed by atoms with E-state index in [9.17, 15) is 9.90 Å². The minimum Gasteiger partial charge on any atom is -0.479 e. The van der Waals surface area contributed by atoms with Crippen molar-refractivity contribution in [1.82, 2.24) is 9.78 Å². The number of benzene rings is 1. The summed E-state index contributed by atoms with van der Waals surface area (Å²) in [6.45, 7) is 0. The van der Waals surface area contributed by atoms with Gasteiger partial charge in [0.1, 0.15) is 6.07 Å². The minimum atomic E-state index is -1.04. The fourth-order valence-corrected chi connectivity index (χ4v) is 2.13. The molecule has 0 saturated carbocycles. The number of aromatic nitrogens is 2. The van der Waals surface area contributed by atoms with Crippen molar-refractivity contribution in [2.75, 3.05) is 5.32 Å². The summed E-state index contributed by atoms with van der Waals surface area (Å²) in [5.74, 6) is -1.04. The van der Waals surface area contributed by atoms with Crippen LogP contribution in [0.1, 0.15) is 17.2 Å². The predicted molar refractivity (Wildman–Crippen MR) is 76.1 cm³/mol. The summed E-state index contributed by atoms with van der Waals surface area (Å²) in [4.78, 5) is 11.4. The first kappa shape index (κ1) is 14.1. The molecule has 0 aliphatic rings. The van der Waals surface area contributed by atoms with Crippen LogP contribution in [-0.4, -0.2) is 20.9 Å². The number of nitriles is 1. The highest BCUT2D eigenvalue weighted by molar-refractivity contribution is 9.10. The van der Waals surface area contributed by atoms with Gasteiger partial charge in [0.15, 0.2) is 6.04 Å². The Labute approximate surface area is 123 Å². The zero-order chi connectivity index (χ0) is 14.7. The van der Waals surface area contributed by atoms with Gasteiger partial charge in [0.25, 0.3) is 0 Å². The van der Waals surface area contributed by atoms with E-state index >= 15 is 0 Å². The summed E-state index contributed by atoms with van der Waals surface area (Å²) in [5, 5.41) is 25.2. The van der Waals surface area contributed by atoms with Crippen LogP contribution in [0.15, 0.2) is 35.1 Å². The molecule has 102 valence electrons. The maximum absolute atomic E-state index is 11.4. The van der Waals surface area contributed by atoms with E-state index in [0.717, 1.165) is 4.47 Å². The molecule has 2 rings (SSSR count). The third kappa shape index (κ3) is 2.97. The second kappa shape index (κ2) is 5.75. The molecule has 2 N–H and O–H groups in total. The first-order valence-corrected chi connectivity index (χ1v) is 6.48. The van der Waals surface area contributed by atoms with Crippen molar-refractivity contribution in [3.8, 4) is 6.07 Å². The summed E-state index contributed by atoms with van der Waals surface area (Å²) >= 11 is 3.30. The van der Waals surface area contributed by atoms with Crippen LogP contribution in [0.25, 0.3) is 0 Å². The number of carboxylic acid groups (broad SMARTS) is 1. The first-order valence-electron chi connectivity index (χ1n) is 5.69. The van der Waals surface area contributed by atoms with Gasteiger partial charge in [0.2, 0.25) is 0 Å². The highest BCUT2D eigenvalue weighted by Crippen LogP contribution is 2.25. The Bertz CT molecular complexity index is 690. The SMILES string of the molecule is Cn1cc(C(Nc2cc(Br)ccc2C#N)C(=O)O)cn1. The molecule has 7 heteroatoms. The number of nitrogens with one attached hydrogen (secondary N) is 1. The molecule has 0 amide bonds. The maximum atomic E-state index is 11.4. The molecular weight excluding hydrogens is 324 g/mol. The Kier molecular flexibility index (Phi) is 4.05. The molecular formula is C13H11BrN4O2. The third-order valence-corrected chi connectivity index (χ3v) is 3.20. The van der Waals surface area contributed by atoms with Gasteiger partial charge in [-0.05, 0) is 18.2 Å². The van der Waals surface area contributed by atoms with Crippen LogP contribution in [0.5, 0.6) is 0 Å². The van der Waals surface area contributed by atoms with Crippen LogP contribution in [-0.2, 0) is 11.8 Å². The average molecular weight is 335 g/mol. The lowest BCUT2D eigenvalue weighted by molar-refractivity contribution is -0.138. The number of anilines is 1. The molecule has 0 spiro atoms. The van der Waals surface area contributed by atoms with E-state index < -0.39 is 12.0 Å². The van der Waals surface area contributed by atoms with Crippen LogP contribution in [0.2, 0.25) is 0 Å². The number of hydrogen-bond acceptors (Lipinski definition) is 4. The van der Waals surface area contributed by atoms with Crippen molar-refractivity contribution in [3.05, 3.63) is 46.2 Å². The van der Waals surface area contributed by atoms with E-state index in [0.29, 0.717) is 16.8 Å². The highest BCUT2D eigenvalue weighted by Gasteiger charge is 2.22. The van der Waals surface area contributed by atoms with E-state index in [-0.39, 0.29) is 0 Å². The predicted octanol–water partition coefficient (Wildman–Crippen LogP) is 2.29. The Morgan fingerprint density at radius 3 is 2.90 bits per heavy atom. The number of nitrogens with zero attached hydrogens (tertiary/aromatic N) is 3. The normalized spacial score (nSPS) is 11.7. The lowest BCUT2D eigenvalue weighted by Crippen LogP contribution is -2.20. The van der Waals surface area contributed by atoms with Crippen LogP contribution >= 0.6 is 15.9 Å². The van der Waals surface area contributed by atoms with Crippen LogP contribution in [0.3, 0.4) is 0 Å². The number of halogens is 1. The van der Waals surface area contributed by atoms with E-state index in [2.05, 4.69) is 26.3 Å². The molecule has 1 atom stereocenters. The van der Waals surface area contributed by atoms with Crippen molar-refractivity contribution in [2.45, 2.75) is 6.04 Å². The molecule has 6 nitrogen and oxygen atoms in total. The van der Waals surface area contributed by atoms with Gasteiger partial charge in [0.05, 0.1) is 17.4 Å². The molecule has 0 radical (unpaired) electrons. The van der Waals surface area contributed by atoms with Gasteiger partial charge in [-0.15, -0.1) is 0 Å². The molecule has 0 fully saturated rings. The number of aliphatic carboxylic acids is 1. The molecule has 2 aromatic rings. The molecule has 20 heavy (non-hydrogen) atoms. The van der Waals surface area contributed by atoms with Crippen molar-refractivity contribution in [2.24, 2.45) is 7.05 Å². The lowest BCUT2D eigenvalue weighted by atomic mass is 10.1. The highest BCUT2D eigenvalue weighted by atomic mass is 79.9. The van der Waals surface area contributed by atoms with Gasteiger partial charge in [-0.1, -0.05) is 15.9 Å². The number of carboxylic acids is 1. The van der Waals surface area contributed by atoms with E-state index in [1.54, 1.807) is 31.4 Å². The smallest absolute Gasteiger partial charge is 0.330 e. The summed E-state index contributed by atoms with van der Waals surface area (Å²) in [6.07, 6.45) is 3.10. The monoisotopic (exact) mass is 334 g/mol. The quantitative estimate of drug-likeness (QED) is 0.895. The third-order valence-electron chi connectivity index (χ3n) is 2.71. The van der Waals surface area contributed by atoms with E-state index in [1.807, 2.05) is 6.07 Å². The van der Waals surface area contributed by atoms with Crippen LogP contribution < -0.4 is 5.32 Å². The number of carbonyl (C=O) groups is 1. The maximum Gasteiger partial charge on any atom is 0.330 e. The Morgan fingerprint density at radius 2 is 2.35 bits per heavy atom. The van der Waals surface area contributed by atoms with Crippen molar-refractivity contribution in [1.29, 1.82) is 5.26 Å². The summed E-state index contributed by atoms with van der Waals surface area (Å²) in [7, 11) is 1.71. The molecule has 1 heterocycles. The molecule has 0 aliphatic heterocycles. The Hall–Kier alpha value is -2.33. The number of aryl methyl sites for hydroxylation is 1. The Morgan fingerprint density at radius 1 is 1.60 bits per heavy atom. The topological polar surface area (TPSA) is 90.9 Å². The molecule has 1 unspecified atom stereocenters. The van der Waals surface area contributed by atoms with Crippen molar-refractivity contribution < 1.29 is 9.90 Å². The lowest BCUT2D eigenvalue weighted by Gasteiger charge is -2.15. The number of rotatable bonds is 4. The van der Waals surface area contributed by atoms with E-state index in [4.69, 9.17) is 5.26 Å². The fourth-order valence-electron chi connectivity index (χ4n) is 1.77. The minimum absolute atomic E-state index is 0.378. The van der Waals surface area contributed by atoms with E-state index in [1.165, 1.54) is 10.9 Å². The number of hydrogen-bond donors (Lipinski definition) is 2. The zero-order valence-electron chi connectivity index (χ0n) is 10.5. The molecule has 0 saturated heterocycles. The first-order chi connectivity index (χ1) is 9.51. The van der Waals surface area contributed by atoms with Gasteiger partial charge < -0.3 is 10.4 Å². The summed E-state index contributed by atoms with van der Waals surface area (Å²) in [6, 6.07) is 6.08. The Balaban J connectivity index is 2.37. The summed E-state index contributed by atoms with van der Waals surface area (Å²) in [5.41, 5.74) is 1.35. The second-order valence-electron chi connectivity index (χ2n) is 4.16. The van der Waals surface area contributed by atoms with Crippen molar-refractivity contribution in [3.63, 3.8) is 0 Å². The molecule has 1 aromatic carbocycles. The molecule has 1 aromatic heterocycles. The van der Waals surface area contributed by atoms with Crippen LogP contribution in [0.4, 0.5) is 5.69 Å². The fraction of sp³-hybridized carbons (Fsp3) is 0.154. The molecule has 0 bridgehead atoms. The standard InChI is InChI=1S/C13H11BrN4O2/c1-18-7-9(6-16-18)12(13(19)20)17-11-4-10(14)3-2-8(11)5-15/h2-4,6-7,12,17H,1H3,(H,19,20). The largest absolute Gasteiger partial charge is 0.479 e. The van der Waals surface area contributed by atoms with Gasteiger partial charge in [0, 0.05) is 23.3 Å². The van der Waals surface area contributed by atoms with Gasteiger partial charge >= 0.3 is 5.97 Å². The van der Waals surface area contributed by atoms with Crippen LogP contribution in [0, 0.1) is 11.3 Å². The van der Waals surface area contributed by atoms with Gasteiger partial charge in [-0.2, -0.15) is 10.4 Å². The van der Waals surface area contributed by atoms with Gasteiger partial charge in [-0.25, -0.2) is 4.79 Å². The zero-order valence-corrected chi connectivity index (χ0v) is 12.1. The summed E-state index contributed by atoms with van der Waals surface area (Å²) < 4.78 is 2.29. The van der Waals surface area contributed by atoms with Crippen molar-refractivity contribution >= 4 is 27.6 Å². The average Bonchev–Trinajstić information content (AvgIpc) is 2.82.